The van der Waals surface area contributed by atoms with Gasteiger partial charge in [-0.25, -0.2) is 5.06 Å². The van der Waals surface area contributed by atoms with Crippen LogP contribution in [-0.4, -0.2) is 25.1 Å². The number of benzene rings is 1. The lowest BCUT2D eigenvalue weighted by atomic mass is 9.99. The molecular weight excluding hydrogens is 292 g/mol. The molecule has 0 aliphatic heterocycles. The van der Waals surface area contributed by atoms with Gasteiger partial charge >= 0.3 is 12.4 Å². The summed E-state index contributed by atoms with van der Waals surface area (Å²) in [6, 6.07) is 1.41. The van der Waals surface area contributed by atoms with E-state index in [1.165, 1.54) is 0 Å². The number of amides is 1. The molecule has 1 rings (SSSR count). The van der Waals surface area contributed by atoms with Crippen LogP contribution in [0.3, 0.4) is 0 Å². The van der Waals surface area contributed by atoms with Crippen LogP contribution in [0.4, 0.5) is 26.3 Å². The van der Waals surface area contributed by atoms with Crippen LogP contribution < -0.4 is 0 Å². The average molecular weight is 301 g/mol. The highest BCUT2D eigenvalue weighted by atomic mass is 19.4. The van der Waals surface area contributed by atoms with Crippen LogP contribution >= 0.6 is 0 Å². The van der Waals surface area contributed by atoms with E-state index in [0.717, 1.165) is 14.2 Å². The lowest BCUT2D eigenvalue weighted by Gasteiger charge is -2.21. The van der Waals surface area contributed by atoms with E-state index in [9.17, 15) is 31.1 Å². The van der Waals surface area contributed by atoms with E-state index < -0.39 is 35.0 Å². The predicted octanol–water partition coefficient (Wildman–Crippen LogP) is 3.36. The number of carbonyl (C=O) groups is 1. The zero-order valence-electron chi connectivity index (χ0n) is 10.3. The number of hydroxylamine groups is 2. The van der Waals surface area contributed by atoms with Crippen LogP contribution in [0.15, 0.2) is 18.2 Å². The molecule has 0 unspecified atom stereocenters. The smallest absolute Gasteiger partial charge is 0.274 e. The van der Waals surface area contributed by atoms with Gasteiger partial charge in [0, 0.05) is 7.05 Å². The quantitative estimate of drug-likeness (QED) is 0.619. The molecule has 0 aliphatic carbocycles. The number of nitrogens with zero attached hydrogens (tertiary/aromatic N) is 1. The summed E-state index contributed by atoms with van der Waals surface area (Å²) in [5.74, 6) is -1.53. The molecule has 0 atom stereocenters. The van der Waals surface area contributed by atoms with Gasteiger partial charge < -0.3 is 0 Å². The molecular formula is C11H9F6NO2. The summed E-state index contributed by atoms with van der Waals surface area (Å²) in [4.78, 5) is 16.1. The van der Waals surface area contributed by atoms with Gasteiger partial charge in [0.1, 0.15) is 0 Å². The maximum absolute atomic E-state index is 12.8. The first-order chi connectivity index (χ1) is 9.00. The minimum Gasteiger partial charge on any atom is -0.274 e. The van der Waals surface area contributed by atoms with Crippen molar-refractivity contribution in [3.05, 3.63) is 34.9 Å². The molecule has 0 radical (unpaired) electrons. The fourth-order valence-electron chi connectivity index (χ4n) is 1.50. The number of hydrogen-bond donors (Lipinski definition) is 0. The monoisotopic (exact) mass is 301 g/mol. The van der Waals surface area contributed by atoms with Crippen molar-refractivity contribution in [3.63, 3.8) is 0 Å². The number of rotatable bonds is 2. The van der Waals surface area contributed by atoms with Crippen molar-refractivity contribution >= 4 is 5.91 Å². The Morgan fingerprint density at radius 3 is 1.75 bits per heavy atom. The van der Waals surface area contributed by atoms with Crippen molar-refractivity contribution in [3.8, 4) is 0 Å². The predicted molar refractivity (Wildman–Crippen MR) is 55.5 cm³/mol. The van der Waals surface area contributed by atoms with Crippen LogP contribution in [0.1, 0.15) is 21.5 Å². The van der Waals surface area contributed by atoms with Crippen LogP contribution in [0, 0.1) is 0 Å². The molecule has 1 amide bonds. The summed E-state index contributed by atoms with van der Waals surface area (Å²) in [7, 11) is 1.86. The molecule has 0 heterocycles. The Morgan fingerprint density at radius 1 is 1.05 bits per heavy atom. The third-order valence-corrected chi connectivity index (χ3v) is 2.45. The first kappa shape index (κ1) is 16.3. The molecule has 9 heteroatoms. The number of carbonyl (C=O) groups excluding carboxylic acids is 1. The molecule has 0 bridgehead atoms. The fourth-order valence-corrected chi connectivity index (χ4v) is 1.50. The van der Waals surface area contributed by atoms with Gasteiger partial charge in [-0.15, -0.1) is 0 Å². The van der Waals surface area contributed by atoms with E-state index >= 15 is 0 Å². The molecule has 1 aromatic carbocycles. The molecule has 0 N–H and O–H groups in total. The first-order valence-electron chi connectivity index (χ1n) is 5.09. The van der Waals surface area contributed by atoms with E-state index in [1.54, 1.807) is 0 Å². The molecule has 0 aliphatic rings. The molecule has 0 saturated heterocycles. The zero-order chi connectivity index (χ0) is 15.7. The summed E-state index contributed by atoms with van der Waals surface area (Å²) >= 11 is 0. The Labute approximate surface area is 109 Å². The lowest BCUT2D eigenvalue weighted by Crippen LogP contribution is -2.30. The molecule has 20 heavy (non-hydrogen) atoms. The summed E-state index contributed by atoms with van der Waals surface area (Å²) < 4.78 is 76.6. The van der Waals surface area contributed by atoms with E-state index in [0.29, 0.717) is 23.3 Å². The zero-order valence-corrected chi connectivity index (χ0v) is 10.3. The number of alkyl halides is 6. The Balaban J connectivity index is 3.62. The average Bonchev–Trinajstić information content (AvgIpc) is 2.33. The highest BCUT2D eigenvalue weighted by Gasteiger charge is 2.43. The van der Waals surface area contributed by atoms with Crippen LogP contribution in [-0.2, 0) is 17.2 Å². The molecule has 112 valence electrons. The van der Waals surface area contributed by atoms with E-state index in [2.05, 4.69) is 4.84 Å². The molecule has 3 nitrogen and oxygen atoms in total. The Kier molecular flexibility index (Phi) is 4.33. The van der Waals surface area contributed by atoms with E-state index in [1.807, 2.05) is 0 Å². The fraction of sp³-hybridized carbons (Fsp3) is 0.364. The standard InChI is InChI=1S/C11H9F6NO2/c1-18(20-2)9(19)8-6(10(12,13)14)4-3-5-7(8)11(15,16)17/h3-5H,1-2H3. The van der Waals surface area contributed by atoms with Gasteiger partial charge in [-0.2, -0.15) is 26.3 Å². The molecule has 0 saturated carbocycles. The van der Waals surface area contributed by atoms with Gasteiger partial charge in [-0.1, -0.05) is 6.07 Å². The maximum Gasteiger partial charge on any atom is 0.417 e. The Bertz CT molecular complexity index is 476. The van der Waals surface area contributed by atoms with Gasteiger partial charge in [-0.05, 0) is 12.1 Å². The first-order valence-corrected chi connectivity index (χ1v) is 5.09. The largest absolute Gasteiger partial charge is 0.417 e. The second kappa shape index (κ2) is 5.31. The molecule has 0 aromatic heterocycles. The van der Waals surface area contributed by atoms with Gasteiger partial charge in [-0.3, -0.25) is 9.63 Å². The SMILES string of the molecule is CON(C)C(=O)c1c(C(F)(F)F)cccc1C(F)(F)F. The van der Waals surface area contributed by atoms with E-state index in [-0.39, 0.29) is 0 Å². The summed E-state index contributed by atoms with van der Waals surface area (Å²) in [5, 5.41) is 0.291. The van der Waals surface area contributed by atoms with Gasteiger partial charge in [0.2, 0.25) is 0 Å². The number of halogens is 6. The Morgan fingerprint density at radius 2 is 1.45 bits per heavy atom. The third-order valence-electron chi connectivity index (χ3n) is 2.45. The third kappa shape index (κ3) is 3.21. The highest BCUT2D eigenvalue weighted by molar-refractivity contribution is 5.96. The van der Waals surface area contributed by atoms with Gasteiger partial charge in [0.05, 0.1) is 23.8 Å². The minimum absolute atomic E-state index is 0.291. The van der Waals surface area contributed by atoms with Crippen molar-refractivity contribution in [2.45, 2.75) is 12.4 Å². The van der Waals surface area contributed by atoms with Crippen LogP contribution in [0.5, 0.6) is 0 Å². The van der Waals surface area contributed by atoms with E-state index in [4.69, 9.17) is 0 Å². The van der Waals surface area contributed by atoms with Crippen molar-refractivity contribution in [1.29, 1.82) is 0 Å². The molecule has 0 spiro atoms. The maximum atomic E-state index is 12.8. The Hall–Kier alpha value is -1.77. The van der Waals surface area contributed by atoms with Gasteiger partial charge in [0.15, 0.2) is 0 Å². The normalized spacial score (nSPS) is 12.4. The minimum atomic E-state index is -5.10. The van der Waals surface area contributed by atoms with Crippen molar-refractivity contribution in [2.24, 2.45) is 0 Å². The lowest BCUT2D eigenvalue weighted by molar-refractivity contribution is -0.144. The van der Waals surface area contributed by atoms with Crippen LogP contribution in [0.2, 0.25) is 0 Å². The molecule has 0 fully saturated rings. The van der Waals surface area contributed by atoms with Gasteiger partial charge in [0.25, 0.3) is 5.91 Å². The van der Waals surface area contributed by atoms with Crippen molar-refractivity contribution in [1.82, 2.24) is 5.06 Å². The topological polar surface area (TPSA) is 29.5 Å². The second-order valence-electron chi connectivity index (χ2n) is 3.71. The van der Waals surface area contributed by atoms with Crippen molar-refractivity contribution in [2.75, 3.05) is 14.2 Å². The van der Waals surface area contributed by atoms with Crippen LogP contribution in [0.25, 0.3) is 0 Å². The summed E-state index contributed by atoms with van der Waals surface area (Å²) in [6.45, 7) is 0. The highest BCUT2D eigenvalue weighted by Crippen LogP contribution is 2.39. The summed E-state index contributed by atoms with van der Waals surface area (Å²) in [6.07, 6.45) is -10.2. The molecule has 1 aromatic rings. The number of hydrogen-bond acceptors (Lipinski definition) is 2. The van der Waals surface area contributed by atoms with Crippen molar-refractivity contribution < 1.29 is 36.0 Å². The summed E-state index contributed by atoms with van der Waals surface area (Å²) in [5.41, 5.74) is -4.82. The second-order valence-corrected chi connectivity index (χ2v) is 3.71.